The average molecular weight is 361 g/mol. The second-order valence-corrected chi connectivity index (χ2v) is 6.68. The minimum absolute atomic E-state index is 0.0510. The van der Waals surface area contributed by atoms with Crippen molar-refractivity contribution >= 4 is 5.96 Å². The maximum atomic E-state index is 12.7. The van der Waals surface area contributed by atoms with E-state index in [0.717, 1.165) is 0 Å². The molecule has 0 saturated heterocycles. The molecule has 0 bridgehead atoms. The van der Waals surface area contributed by atoms with Crippen molar-refractivity contribution in [1.82, 2.24) is 10.6 Å². The Morgan fingerprint density at radius 1 is 1.32 bits per heavy atom. The fourth-order valence-corrected chi connectivity index (χ4v) is 2.97. The van der Waals surface area contributed by atoms with Crippen LogP contribution in [0, 0.1) is 5.92 Å². The van der Waals surface area contributed by atoms with Crippen LogP contribution in [0.2, 0.25) is 0 Å². The summed E-state index contributed by atoms with van der Waals surface area (Å²) in [5.41, 5.74) is -1.25. The Labute approximate surface area is 145 Å². The number of nitrogens with zero attached hydrogens (tertiary/aromatic N) is 1. The Bertz CT molecular complexity index is 548. The van der Waals surface area contributed by atoms with Crippen LogP contribution in [0.25, 0.3) is 0 Å². The number of furan rings is 1. The molecule has 1 aliphatic rings. The fourth-order valence-electron chi connectivity index (χ4n) is 2.97. The van der Waals surface area contributed by atoms with Gasteiger partial charge in [0.25, 0.3) is 0 Å². The summed E-state index contributed by atoms with van der Waals surface area (Å²) in [5.74, 6) is -0.299. The third-order valence-electron chi connectivity index (χ3n) is 4.47. The molecule has 1 atom stereocenters. The van der Waals surface area contributed by atoms with Crippen LogP contribution in [0.15, 0.2) is 27.8 Å². The van der Waals surface area contributed by atoms with Crippen molar-refractivity contribution in [2.75, 3.05) is 13.1 Å². The van der Waals surface area contributed by atoms with Crippen LogP contribution in [0.4, 0.5) is 13.2 Å². The zero-order valence-corrected chi connectivity index (χ0v) is 14.6. The van der Waals surface area contributed by atoms with Crippen molar-refractivity contribution in [3.8, 4) is 0 Å². The highest BCUT2D eigenvalue weighted by molar-refractivity contribution is 5.80. The summed E-state index contributed by atoms with van der Waals surface area (Å²) < 4.78 is 43.5. The Morgan fingerprint density at radius 2 is 2.00 bits per heavy atom. The monoisotopic (exact) mass is 361 g/mol. The van der Waals surface area contributed by atoms with Crippen molar-refractivity contribution in [2.24, 2.45) is 10.9 Å². The predicted octanol–water partition coefficient (Wildman–Crippen LogP) is 3.16. The van der Waals surface area contributed by atoms with Crippen LogP contribution in [0.5, 0.6) is 0 Å². The van der Waals surface area contributed by atoms with Gasteiger partial charge in [-0.2, -0.15) is 13.2 Å². The van der Waals surface area contributed by atoms with Gasteiger partial charge in [-0.3, -0.25) is 0 Å². The standard InChI is InChI=1S/C17H26F3N3O2/c1-3-21-15(22-11-16(2,24)14-5-4-10-25-14)23-13-8-6-12(7-9-13)17(18,19)20/h4-5,10,12-13,24H,3,6-9,11H2,1-2H3,(H2,21,22,23). The summed E-state index contributed by atoms with van der Waals surface area (Å²) in [4.78, 5) is 4.37. The minimum Gasteiger partial charge on any atom is -0.466 e. The summed E-state index contributed by atoms with van der Waals surface area (Å²) >= 11 is 0. The molecule has 142 valence electrons. The summed E-state index contributed by atoms with van der Waals surface area (Å²) in [6, 6.07) is 3.31. The number of aliphatic imine (C=N–C) groups is 1. The fraction of sp³-hybridized carbons (Fsp3) is 0.706. The van der Waals surface area contributed by atoms with E-state index in [2.05, 4.69) is 15.6 Å². The topological polar surface area (TPSA) is 69.8 Å². The molecular weight excluding hydrogens is 335 g/mol. The Hall–Kier alpha value is -1.70. The van der Waals surface area contributed by atoms with Gasteiger partial charge in [0.1, 0.15) is 11.4 Å². The molecule has 1 saturated carbocycles. The third kappa shape index (κ3) is 5.66. The number of hydrogen-bond donors (Lipinski definition) is 3. The van der Waals surface area contributed by atoms with E-state index in [-0.39, 0.29) is 25.4 Å². The number of alkyl halides is 3. The molecule has 0 aromatic carbocycles. The molecule has 1 aromatic heterocycles. The molecule has 1 aromatic rings. The lowest BCUT2D eigenvalue weighted by Crippen LogP contribution is -2.46. The molecule has 3 N–H and O–H groups in total. The summed E-state index contributed by atoms with van der Waals surface area (Å²) in [5, 5.41) is 16.7. The van der Waals surface area contributed by atoms with E-state index < -0.39 is 17.7 Å². The highest BCUT2D eigenvalue weighted by atomic mass is 19.4. The van der Waals surface area contributed by atoms with Crippen LogP contribution >= 0.6 is 0 Å². The second-order valence-electron chi connectivity index (χ2n) is 6.68. The third-order valence-corrected chi connectivity index (χ3v) is 4.47. The van der Waals surface area contributed by atoms with Gasteiger partial charge in [0, 0.05) is 12.6 Å². The molecule has 2 rings (SSSR count). The van der Waals surface area contributed by atoms with Crippen molar-refractivity contribution in [2.45, 2.75) is 57.3 Å². The van der Waals surface area contributed by atoms with Gasteiger partial charge in [-0.15, -0.1) is 0 Å². The number of nitrogens with one attached hydrogen (secondary N) is 2. The highest BCUT2D eigenvalue weighted by Crippen LogP contribution is 2.37. The van der Waals surface area contributed by atoms with Gasteiger partial charge in [0.2, 0.25) is 0 Å². The number of halogens is 3. The summed E-state index contributed by atoms with van der Waals surface area (Å²) in [7, 11) is 0. The highest BCUT2D eigenvalue weighted by Gasteiger charge is 2.41. The van der Waals surface area contributed by atoms with E-state index in [9.17, 15) is 18.3 Å². The second kappa shape index (κ2) is 8.12. The quantitative estimate of drug-likeness (QED) is 0.557. The van der Waals surface area contributed by atoms with Crippen molar-refractivity contribution in [3.05, 3.63) is 24.2 Å². The minimum atomic E-state index is -4.11. The number of aliphatic hydroxyl groups is 1. The average Bonchev–Trinajstić information content (AvgIpc) is 3.08. The van der Waals surface area contributed by atoms with Crippen molar-refractivity contribution in [1.29, 1.82) is 0 Å². The lowest BCUT2D eigenvalue weighted by molar-refractivity contribution is -0.182. The Kier molecular flexibility index (Phi) is 6.37. The van der Waals surface area contributed by atoms with Crippen molar-refractivity contribution in [3.63, 3.8) is 0 Å². The first kappa shape index (κ1) is 19.6. The van der Waals surface area contributed by atoms with Crippen LogP contribution < -0.4 is 10.6 Å². The number of hydrogen-bond acceptors (Lipinski definition) is 3. The SMILES string of the molecule is CCNC(=NCC(C)(O)c1ccco1)NC1CCC(C(F)(F)F)CC1. The first-order valence-corrected chi connectivity index (χ1v) is 8.60. The zero-order chi connectivity index (χ0) is 18.5. The van der Waals surface area contributed by atoms with Gasteiger partial charge in [-0.05, 0) is 51.7 Å². The van der Waals surface area contributed by atoms with Gasteiger partial charge in [0.15, 0.2) is 5.96 Å². The number of guanidine groups is 1. The molecule has 1 aliphatic carbocycles. The molecule has 0 amide bonds. The van der Waals surface area contributed by atoms with Gasteiger partial charge < -0.3 is 20.2 Å². The smallest absolute Gasteiger partial charge is 0.391 e. The van der Waals surface area contributed by atoms with E-state index in [0.29, 0.717) is 31.1 Å². The summed E-state index contributed by atoms with van der Waals surface area (Å²) in [6.07, 6.45) is -1.47. The molecule has 8 heteroatoms. The van der Waals surface area contributed by atoms with Crippen molar-refractivity contribution < 1.29 is 22.7 Å². The molecule has 0 aliphatic heterocycles. The van der Waals surface area contributed by atoms with E-state index >= 15 is 0 Å². The largest absolute Gasteiger partial charge is 0.466 e. The summed E-state index contributed by atoms with van der Waals surface area (Å²) in [6.45, 7) is 4.20. The lowest BCUT2D eigenvalue weighted by atomic mass is 9.85. The van der Waals surface area contributed by atoms with Crippen LogP contribution in [0.3, 0.4) is 0 Å². The van der Waals surface area contributed by atoms with E-state index in [1.165, 1.54) is 6.26 Å². The Balaban J connectivity index is 1.92. The van der Waals surface area contributed by atoms with Crippen LogP contribution in [0.1, 0.15) is 45.3 Å². The van der Waals surface area contributed by atoms with E-state index in [1.807, 2.05) is 6.92 Å². The van der Waals surface area contributed by atoms with Crippen LogP contribution in [-0.2, 0) is 5.60 Å². The molecule has 5 nitrogen and oxygen atoms in total. The van der Waals surface area contributed by atoms with E-state index in [4.69, 9.17) is 4.42 Å². The maximum Gasteiger partial charge on any atom is 0.391 e. The predicted molar refractivity (Wildman–Crippen MR) is 89.2 cm³/mol. The lowest BCUT2D eigenvalue weighted by Gasteiger charge is -2.31. The van der Waals surface area contributed by atoms with Gasteiger partial charge in [-0.25, -0.2) is 4.99 Å². The zero-order valence-electron chi connectivity index (χ0n) is 14.6. The van der Waals surface area contributed by atoms with Gasteiger partial charge >= 0.3 is 6.18 Å². The molecule has 1 fully saturated rings. The van der Waals surface area contributed by atoms with Gasteiger partial charge in [0.05, 0.1) is 18.7 Å². The molecule has 0 radical (unpaired) electrons. The molecular formula is C17H26F3N3O2. The van der Waals surface area contributed by atoms with Gasteiger partial charge in [-0.1, -0.05) is 0 Å². The first-order valence-electron chi connectivity index (χ1n) is 8.60. The molecule has 0 spiro atoms. The normalized spacial score (nSPS) is 24.6. The van der Waals surface area contributed by atoms with Crippen LogP contribution in [-0.4, -0.2) is 36.4 Å². The first-order chi connectivity index (χ1) is 11.7. The Morgan fingerprint density at radius 3 is 2.52 bits per heavy atom. The molecule has 1 heterocycles. The molecule has 25 heavy (non-hydrogen) atoms. The maximum absolute atomic E-state index is 12.7. The number of rotatable bonds is 5. The van der Waals surface area contributed by atoms with E-state index in [1.54, 1.807) is 19.1 Å². The molecule has 1 unspecified atom stereocenters.